The van der Waals surface area contributed by atoms with Gasteiger partial charge in [-0.15, -0.1) is 0 Å². The summed E-state index contributed by atoms with van der Waals surface area (Å²) in [7, 11) is -3.62. The number of fused-ring (bicyclic) bond motifs is 1. The fraction of sp³-hybridized carbons (Fsp3) is 0.320. The zero-order valence-electron chi connectivity index (χ0n) is 20.2. The zero-order valence-corrected chi connectivity index (χ0v) is 22.5. The number of aromatic nitrogens is 3. The molecular weight excluding hydrogens is 518 g/mol. The lowest BCUT2D eigenvalue weighted by molar-refractivity contribution is -0.120. The molecule has 5 rings (SSSR count). The van der Waals surface area contributed by atoms with Crippen LogP contribution in [0.2, 0.25) is 5.02 Å². The maximum atomic E-state index is 13.1. The number of nitrogens with one attached hydrogen (secondary N) is 1. The van der Waals surface area contributed by atoms with Gasteiger partial charge in [0.05, 0.1) is 20.8 Å². The van der Waals surface area contributed by atoms with Crippen molar-refractivity contribution in [2.24, 2.45) is 5.92 Å². The molecule has 1 amide bonds. The summed E-state index contributed by atoms with van der Waals surface area (Å²) < 4.78 is 30.1. The van der Waals surface area contributed by atoms with Gasteiger partial charge in [-0.25, -0.2) is 13.4 Å². The molecule has 4 aromatic rings. The van der Waals surface area contributed by atoms with Gasteiger partial charge in [0, 0.05) is 30.1 Å². The summed E-state index contributed by atoms with van der Waals surface area (Å²) >= 11 is 7.41. The van der Waals surface area contributed by atoms with Gasteiger partial charge in [0.25, 0.3) is 0 Å². The van der Waals surface area contributed by atoms with Crippen molar-refractivity contribution >= 4 is 54.9 Å². The highest BCUT2D eigenvalue weighted by Crippen LogP contribution is 2.30. The third-order valence-electron chi connectivity index (χ3n) is 6.53. The molecule has 0 aliphatic carbocycles. The lowest BCUT2D eigenvalue weighted by Crippen LogP contribution is -2.41. The van der Waals surface area contributed by atoms with Gasteiger partial charge in [-0.2, -0.15) is 14.1 Å². The van der Waals surface area contributed by atoms with E-state index in [1.807, 2.05) is 13.0 Å². The van der Waals surface area contributed by atoms with Crippen molar-refractivity contribution in [3.8, 4) is 5.13 Å². The SMILES string of the molecule is Cc1cc(NC(=O)C2CCN(S(=O)(=O)c3ccc(Cl)cc3)CC2)n(-c2nc3cc(C)c(C)cc3s2)n1. The molecule has 1 aliphatic heterocycles. The second-order valence-corrected chi connectivity index (χ2v) is 12.5. The van der Waals surface area contributed by atoms with Crippen molar-refractivity contribution < 1.29 is 13.2 Å². The lowest BCUT2D eigenvalue weighted by Gasteiger charge is -2.30. The molecule has 2 aromatic carbocycles. The summed E-state index contributed by atoms with van der Waals surface area (Å²) in [6, 6.07) is 12.1. The number of carbonyl (C=O) groups is 1. The van der Waals surface area contributed by atoms with E-state index in [1.165, 1.54) is 38.9 Å². The summed E-state index contributed by atoms with van der Waals surface area (Å²) in [6.07, 6.45) is 0.872. The Kier molecular flexibility index (Phi) is 6.63. The number of carbonyl (C=O) groups excluding carboxylic acids is 1. The molecule has 3 heterocycles. The van der Waals surface area contributed by atoms with Gasteiger partial charge < -0.3 is 5.32 Å². The van der Waals surface area contributed by atoms with Crippen LogP contribution >= 0.6 is 22.9 Å². The molecule has 0 atom stereocenters. The Labute approximate surface area is 219 Å². The molecule has 8 nitrogen and oxygen atoms in total. The Morgan fingerprint density at radius 2 is 1.72 bits per heavy atom. The first-order valence-corrected chi connectivity index (χ1v) is 14.3. The van der Waals surface area contributed by atoms with Crippen molar-refractivity contribution in [1.82, 2.24) is 19.1 Å². The largest absolute Gasteiger partial charge is 0.310 e. The summed E-state index contributed by atoms with van der Waals surface area (Å²) in [4.78, 5) is 18.1. The van der Waals surface area contributed by atoms with Crippen LogP contribution in [0, 0.1) is 26.7 Å². The number of hydrogen-bond donors (Lipinski definition) is 1. The van der Waals surface area contributed by atoms with Gasteiger partial charge in [-0.1, -0.05) is 22.9 Å². The molecule has 1 saturated heterocycles. The van der Waals surface area contributed by atoms with Crippen molar-refractivity contribution in [3.63, 3.8) is 0 Å². The Morgan fingerprint density at radius 1 is 1.06 bits per heavy atom. The van der Waals surface area contributed by atoms with Crippen LogP contribution in [0.1, 0.15) is 29.7 Å². The first-order chi connectivity index (χ1) is 17.1. The molecule has 11 heteroatoms. The van der Waals surface area contributed by atoms with E-state index in [1.54, 1.807) is 16.8 Å². The predicted octanol–water partition coefficient (Wildman–Crippen LogP) is 5.10. The number of hydrogen-bond acceptors (Lipinski definition) is 6. The van der Waals surface area contributed by atoms with E-state index in [9.17, 15) is 13.2 Å². The number of nitrogens with zero attached hydrogens (tertiary/aromatic N) is 4. The number of aryl methyl sites for hydroxylation is 3. The van der Waals surface area contributed by atoms with E-state index in [4.69, 9.17) is 16.6 Å². The van der Waals surface area contributed by atoms with Crippen LogP contribution in [-0.2, 0) is 14.8 Å². The molecule has 1 N–H and O–H groups in total. The van der Waals surface area contributed by atoms with E-state index in [2.05, 4.69) is 36.4 Å². The highest BCUT2D eigenvalue weighted by molar-refractivity contribution is 7.89. The monoisotopic (exact) mass is 543 g/mol. The third kappa shape index (κ3) is 4.78. The second-order valence-electron chi connectivity index (χ2n) is 9.10. The molecule has 0 saturated carbocycles. The first kappa shape index (κ1) is 24.9. The Hall–Kier alpha value is -2.79. The lowest BCUT2D eigenvalue weighted by atomic mass is 9.97. The molecule has 36 heavy (non-hydrogen) atoms. The van der Waals surface area contributed by atoms with E-state index >= 15 is 0 Å². The number of thiazole rings is 1. The van der Waals surface area contributed by atoms with Crippen LogP contribution in [0.5, 0.6) is 0 Å². The smallest absolute Gasteiger partial charge is 0.243 e. The van der Waals surface area contributed by atoms with Crippen molar-refractivity contribution in [2.75, 3.05) is 18.4 Å². The highest BCUT2D eigenvalue weighted by Gasteiger charge is 2.32. The minimum absolute atomic E-state index is 0.146. The fourth-order valence-corrected chi connectivity index (χ4v) is 6.94. The third-order valence-corrected chi connectivity index (χ3v) is 9.69. The van der Waals surface area contributed by atoms with Gasteiger partial charge in [0.15, 0.2) is 0 Å². The van der Waals surface area contributed by atoms with Crippen LogP contribution in [0.4, 0.5) is 5.82 Å². The maximum absolute atomic E-state index is 13.1. The van der Waals surface area contributed by atoms with E-state index in [-0.39, 0.29) is 29.8 Å². The fourth-order valence-electron chi connectivity index (χ4n) is 4.33. The van der Waals surface area contributed by atoms with Gasteiger partial charge in [0.1, 0.15) is 5.82 Å². The number of amides is 1. The van der Waals surface area contributed by atoms with Gasteiger partial charge in [0.2, 0.25) is 21.1 Å². The number of anilines is 1. The van der Waals surface area contributed by atoms with E-state index in [0.717, 1.165) is 15.9 Å². The van der Waals surface area contributed by atoms with E-state index in [0.29, 0.717) is 28.8 Å². The number of piperidine rings is 1. The van der Waals surface area contributed by atoms with Crippen LogP contribution < -0.4 is 5.32 Å². The van der Waals surface area contributed by atoms with Crippen LogP contribution in [0.25, 0.3) is 15.3 Å². The molecule has 0 radical (unpaired) electrons. The van der Waals surface area contributed by atoms with E-state index < -0.39 is 10.0 Å². The topological polar surface area (TPSA) is 97.2 Å². The quantitative estimate of drug-likeness (QED) is 0.378. The average Bonchev–Trinajstić information content (AvgIpc) is 3.42. The molecule has 0 spiro atoms. The number of halogens is 1. The Balaban J connectivity index is 1.29. The van der Waals surface area contributed by atoms with Gasteiger partial charge in [-0.3, -0.25) is 4.79 Å². The molecule has 1 aliphatic rings. The van der Waals surface area contributed by atoms with Crippen molar-refractivity contribution in [3.05, 3.63) is 64.3 Å². The van der Waals surface area contributed by atoms with Gasteiger partial charge in [-0.05, 0) is 81.1 Å². The average molecular weight is 544 g/mol. The normalized spacial score (nSPS) is 15.4. The molecule has 1 fully saturated rings. The first-order valence-electron chi connectivity index (χ1n) is 11.6. The Bertz CT molecular complexity index is 1510. The van der Waals surface area contributed by atoms with Crippen LogP contribution in [-0.4, -0.2) is 46.5 Å². The number of rotatable bonds is 5. The second kappa shape index (κ2) is 9.59. The summed E-state index contributed by atoms with van der Waals surface area (Å²) in [6.45, 7) is 6.55. The minimum Gasteiger partial charge on any atom is -0.310 e. The zero-order chi connectivity index (χ0) is 25.6. The predicted molar refractivity (Wildman–Crippen MR) is 143 cm³/mol. The van der Waals surface area contributed by atoms with Gasteiger partial charge >= 0.3 is 0 Å². The molecule has 0 unspecified atom stereocenters. The summed E-state index contributed by atoms with van der Waals surface area (Å²) in [5.74, 6) is 0.111. The maximum Gasteiger partial charge on any atom is 0.243 e. The molecule has 0 bridgehead atoms. The number of sulfonamides is 1. The standard InChI is InChI=1S/C25H26ClN5O3S2/c1-15-12-21-22(13-16(15)2)35-25(27-21)31-23(14-17(3)29-31)28-24(32)18-8-10-30(11-9-18)36(33,34)20-6-4-19(26)5-7-20/h4-7,12-14,18H,8-11H2,1-3H3,(H,28,32). The minimum atomic E-state index is -3.62. The van der Waals surface area contributed by atoms with Crippen LogP contribution in [0.15, 0.2) is 47.4 Å². The number of benzene rings is 2. The van der Waals surface area contributed by atoms with Crippen molar-refractivity contribution in [2.45, 2.75) is 38.5 Å². The summed E-state index contributed by atoms with van der Waals surface area (Å²) in [5, 5.41) is 8.72. The molecule has 2 aromatic heterocycles. The van der Waals surface area contributed by atoms with Crippen LogP contribution in [0.3, 0.4) is 0 Å². The molecule has 188 valence electrons. The highest BCUT2D eigenvalue weighted by atomic mass is 35.5. The van der Waals surface area contributed by atoms with Crippen molar-refractivity contribution in [1.29, 1.82) is 0 Å². The molecular formula is C25H26ClN5O3S2. The summed E-state index contributed by atoms with van der Waals surface area (Å²) in [5.41, 5.74) is 4.04. The Morgan fingerprint density at radius 3 is 2.42 bits per heavy atom.